The van der Waals surface area contributed by atoms with Crippen molar-refractivity contribution < 1.29 is 9.59 Å². The van der Waals surface area contributed by atoms with E-state index in [1.165, 1.54) is 0 Å². The van der Waals surface area contributed by atoms with E-state index in [1.807, 2.05) is 0 Å². The Morgan fingerprint density at radius 2 is 2.14 bits per heavy atom. The molecule has 0 aromatic heterocycles. The normalized spacial score (nSPS) is 19.7. The van der Waals surface area contributed by atoms with Gasteiger partial charge >= 0.3 is 6.03 Å². The number of urea groups is 1. The molecule has 1 aliphatic rings. The number of nitrogens with one attached hydrogen (secondary N) is 1. The highest BCUT2D eigenvalue weighted by molar-refractivity contribution is 7.80. The smallest absolute Gasteiger partial charge is 0.325 e. The number of carbonyl (C=O) groups excluding carboxylic acids is 2. The van der Waals surface area contributed by atoms with Crippen LogP contribution in [-0.2, 0) is 4.79 Å². The van der Waals surface area contributed by atoms with E-state index in [4.69, 9.17) is 5.73 Å². The van der Waals surface area contributed by atoms with Crippen LogP contribution in [-0.4, -0.2) is 33.9 Å². The largest absolute Gasteiger partial charge is 0.393 e. The summed E-state index contributed by atoms with van der Waals surface area (Å²) in [7, 11) is 0. The highest BCUT2D eigenvalue weighted by atomic mass is 32.1. The molecule has 5 nitrogen and oxygen atoms in total. The van der Waals surface area contributed by atoms with E-state index in [1.54, 1.807) is 13.8 Å². The van der Waals surface area contributed by atoms with E-state index in [9.17, 15) is 9.59 Å². The second kappa shape index (κ2) is 3.53. The molecule has 1 aliphatic heterocycles. The number of amides is 3. The van der Waals surface area contributed by atoms with Crippen LogP contribution in [0.4, 0.5) is 4.79 Å². The van der Waals surface area contributed by atoms with Crippen molar-refractivity contribution in [2.75, 3.05) is 6.54 Å². The molecule has 0 aliphatic carbocycles. The molecular formula is C8H13N3O2S. The van der Waals surface area contributed by atoms with Crippen LogP contribution < -0.4 is 11.1 Å². The Labute approximate surface area is 87.6 Å². The zero-order chi connectivity index (χ0) is 10.9. The Kier molecular flexibility index (Phi) is 2.75. The molecule has 0 spiro atoms. The molecule has 0 unspecified atom stereocenters. The van der Waals surface area contributed by atoms with E-state index >= 15 is 0 Å². The Balaban J connectivity index is 2.67. The van der Waals surface area contributed by atoms with Crippen molar-refractivity contribution >= 4 is 29.1 Å². The van der Waals surface area contributed by atoms with Crippen molar-refractivity contribution in [3.63, 3.8) is 0 Å². The Hall–Kier alpha value is -1.17. The molecule has 0 radical (unpaired) electrons. The maximum Gasteiger partial charge on any atom is 0.325 e. The lowest BCUT2D eigenvalue weighted by Crippen LogP contribution is -2.40. The minimum Gasteiger partial charge on any atom is -0.393 e. The van der Waals surface area contributed by atoms with Crippen LogP contribution in [0.3, 0.4) is 0 Å². The van der Waals surface area contributed by atoms with Gasteiger partial charge in [0.15, 0.2) is 0 Å². The van der Waals surface area contributed by atoms with Crippen LogP contribution in [0.2, 0.25) is 0 Å². The molecule has 1 heterocycles. The lowest BCUT2D eigenvalue weighted by Gasteiger charge is -2.15. The zero-order valence-corrected chi connectivity index (χ0v) is 8.98. The van der Waals surface area contributed by atoms with Gasteiger partial charge in [0.25, 0.3) is 5.91 Å². The number of nitrogens with zero attached hydrogens (tertiary/aromatic N) is 1. The third-order valence-electron chi connectivity index (χ3n) is 2.03. The van der Waals surface area contributed by atoms with Crippen LogP contribution in [0.5, 0.6) is 0 Å². The Bertz CT molecular complexity index is 301. The van der Waals surface area contributed by atoms with Gasteiger partial charge in [-0.15, -0.1) is 0 Å². The highest BCUT2D eigenvalue weighted by Gasteiger charge is 2.43. The topological polar surface area (TPSA) is 75.4 Å². The number of carbonyl (C=O) groups is 2. The first kappa shape index (κ1) is 10.9. The molecule has 3 N–H and O–H groups in total. The molecule has 1 saturated heterocycles. The van der Waals surface area contributed by atoms with Crippen molar-refractivity contribution in [3.05, 3.63) is 0 Å². The van der Waals surface area contributed by atoms with Gasteiger partial charge < -0.3 is 11.1 Å². The first-order valence-electron chi connectivity index (χ1n) is 4.27. The van der Waals surface area contributed by atoms with Crippen LogP contribution >= 0.6 is 12.2 Å². The summed E-state index contributed by atoms with van der Waals surface area (Å²) < 4.78 is 0. The van der Waals surface area contributed by atoms with Gasteiger partial charge in [-0.25, -0.2) is 4.79 Å². The Morgan fingerprint density at radius 3 is 2.50 bits per heavy atom. The summed E-state index contributed by atoms with van der Waals surface area (Å²) in [5.74, 6) is -0.237. The quantitative estimate of drug-likeness (QED) is 0.513. The lowest BCUT2D eigenvalue weighted by atomic mass is 10.1. The van der Waals surface area contributed by atoms with Gasteiger partial charge in [0.2, 0.25) is 0 Å². The molecule has 1 fully saturated rings. The first-order chi connectivity index (χ1) is 6.34. The van der Waals surface area contributed by atoms with E-state index < -0.39 is 5.54 Å². The van der Waals surface area contributed by atoms with Gasteiger partial charge in [-0.1, -0.05) is 12.2 Å². The summed E-state index contributed by atoms with van der Waals surface area (Å²) >= 11 is 4.67. The maximum atomic E-state index is 11.6. The van der Waals surface area contributed by atoms with Gasteiger partial charge in [0, 0.05) is 13.0 Å². The minimum absolute atomic E-state index is 0.237. The zero-order valence-electron chi connectivity index (χ0n) is 8.16. The first-order valence-corrected chi connectivity index (χ1v) is 4.68. The van der Waals surface area contributed by atoms with Crippen molar-refractivity contribution in [1.29, 1.82) is 0 Å². The van der Waals surface area contributed by atoms with E-state index in [0.29, 0.717) is 11.4 Å². The number of imide groups is 1. The summed E-state index contributed by atoms with van der Waals surface area (Å²) in [5.41, 5.74) is 4.48. The third-order valence-corrected chi connectivity index (χ3v) is 2.23. The fourth-order valence-corrected chi connectivity index (χ4v) is 1.33. The predicted molar refractivity (Wildman–Crippen MR) is 55.7 cm³/mol. The number of nitrogens with two attached hydrogens (primary N) is 1. The average Bonchev–Trinajstić information content (AvgIpc) is 2.19. The van der Waals surface area contributed by atoms with Crippen LogP contribution in [0.25, 0.3) is 0 Å². The minimum atomic E-state index is -0.812. The summed E-state index contributed by atoms with van der Waals surface area (Å²) in [6, 6.07) is -0.378. The van der Waals surface area contributed by atoms with Crippen LogP contribution in [0.15, 0.2) is 0 Å². The molecule has 6 heteroatoms. The molecule has 0 atom stereocenters. The lowest BCUT2D eigenvalue weighted by molar-refractivity contribution is -0.130. The molecule has 78 valence electrons. The maximum absolute atomic E-state index is 11.6. The van der Waals surface area contributed by atoms with Crippen LogP contribution in [0, 0.1) is 0 Å². The predicted octanol–water partition coefficient (Wildman–Crippen LogP) is -0.00700. The third kappa shape index (κ3) is 2.01. The molecule has 1 rings (SSSR count). The number of hydrogen-bond acceptors (Lipinski definition) is 3. The summed E-state index contributed by atoms with van der Waals surface area (Å²) in [4.78, 5) is 24.4. The van der Waals surface area contributed by atoms with Gasteiger partial charge in [-0.05, 0) is 13.8 Å². The molecule has 0 bridgehead atoms. The fourth-order valence-electron chi connectivity index (χ4n) is 1.24. The molecule has 0 aromatic carbocycles. The Morgan fingerprint density at radius 1 is 1.57 bits per heavy atom. The van der Waals surface area contributed by atoms with E-state index in [2.05, 4.69) is 17.5 Å². The van der Waals surface area contributed by atoms with Crippen molar-refractivity contribution in [2.24, 2.45) is 5.73 Å². The second-order valence-corrected chi connectivity index (χ2v) is 4.25. The number of rotatable bonds is 3. The highest BCUT2D eigenvalue weighted by Crippen LogP contribution is 2.16. The monoisotopic (exact) mass is 215 g/mol. The second-order valence-electron chi connectivity index (χ2n) is 3.73. The SMILES string of the molecule is CC1(C)NC(=O)N(CCC(N)=S)C1=O. The molecule has 0 aromatic rings. The molecule has 0 saturated carbocycles. The summed E-state index contributed by atoms with van der Waals surface area (Å²) in [6.45, 7) is 3.57. The average molecular weight is 215 g/mol. The van der Waals surface area contributed by atoms with Gasteiger partial charge in [0.05, 0.1) is 4.99 Å². The molecular weight excluding hydrogens is 202 g/mol. The van der Waals surface area contributed by atoms with E-state index in [-0.39, 0.29) is 18.5 Å². The fraction of sp³-hybridized carbons (Fsp3) is 0.625. The summed E-state index contributed by atoms with van der Waals surface area (Å²) in [5, 5.41) is 2.57. The number of thiocarbonyl (C=S) groups is 1. The van der Waals surface area contributed by atoms with Gasteiger partial charge in [0.1, 0.15) is 5.54 Å². The standard InChI is InChI=1S/C8H13N3O2S/c1-8(2)6(12)11(7(13)10-8)4-3-5(9)14/h3-4H2,1-2H3,(H2,9,14)(H,10,13). The molecule has 14 heavy (non-hydrogen) atoms. The van der Waals surface area contributed by atoms with Gasteiger partial charge in [-0.3, -0.25) is 9.69 Å². The van der Waals surface area contributed by atoms with Crippen molar-refractivity contribution in [2.45, 2.75) is 25.8 Å². The number of hydrogen-bond donors (Lipinski definition) is 2. The van der Waals surface area contributed by atoms with Crippen molar-refractivity contribution in [1.82, 2.24) is 10.2 Å². The van der Waals surface area contributed by atoms with Crippen molar-refractivity contribution in [3.8, 4) is 0 Å². The van der Waals surface area contributed by atoms with Crippen LogP contribution in [0.1, 0.15) is 20.3 Å². The van der Waals surface area contributed by atoms with E-state index in [0.717, 1.165) is 4.90 Å². The summed E-state index contributed by atoms with van der Waals surface area (Å²) in [6.07, 6.45) is 0.366. The molecule has 3 amide bonds. The van der Waals surface area contributed by atoms with Gasteiger partial charge in [-0.2, -0.15) is 0 Å².